The lowest BCUT2D eigenvalue weighted by molar-refractivity contribution is -0.133. The Balaban J connectivity index is 1.32. The van der Waals surface area contributed by atoms with Crippen LogP contribution >= 0.6 is 0 Å². The van der Waals surface area contributed by atoms with Crippen LogP contribution in [0.15, 0.2) is 48.8 Å². The van der Waals surface area contributed by atoms with Crippen molar-refractivity contribution in [3.63, 3.8) is 0 Å². The minimum atomic E-state index is 0.289. The molecule has 0 spiro atoms. The number of nitrogens with zero attached hydrogens (tertiary/aromatic N) is 3. The quantitative estimate of drug-likeness (QED) is 0.669. The lowest BCUT2D eigenvalue weighted by atomic mass is 10.1. The van der Waals surface area contributed by atoms with Gasteiger partial charge in [-0.15, -0.1) is 0 Å². The fourth-order valence-corrected chi connectivity index (χ4v) is 3.77. The second kappa shape index (κ2) is 10.8. The summed E-state index contributed by atoms with van der Waals surface area (Å²) in [5, 5.41) is 0. The molecule has 28 heavy (non-hydrogen) atoms. The molecule has 5 heteroatoms. The van der Waals surface area contributed by atoms with Gasteiger partial charge in [0, 0.05) is 45.0 Å². The molecule has 0 radical (unpaired) electrons. The lowest BCUT2D eigenvalue weighted by Gasteiger charge is -2.34. The first-order valence-corrected chi connectivity index (χ1v) is 10.3. The summed E-state index contributed by atoms with van der Waals surface area (Å²) >= 11 is 0. The number of methoxy groups -OCH3 is 1. The van der Waals surface area contributed by atoms with E-state index in [1.165, 1.54) is 11.1 Å². The Morgan fingerprint density at radius 1 is 1.04 bits per heavy atom. The highest BCUT2D eigenvalue weighted by Gasteiger charge is 2.20. The number of aryl methyl sites for hydroxylation is 2. The van der Waals surface area contributed by atoms with Crippen molar-refractivity contribution in [3.05, 3.63) is 59.9 Å². The van der Waals surface area contributed by atoms with Crippen molar-refractivity contribution in [3.8, 4) is 5.75 Å². The molecule has 2 aromatic rings. The average Bonchev–Trinajstić information content (AvgIpc) is 2.75. The Morgan fingerprint density at radius 3 is 2.61 bits per heavy atom. The highest BCUT2D eigenvalue weighted by Crippen LogP contribution is 2.19. The van der Waals surface area contributed by atoms with Crippen molar-refractivity contribution in [1.82, 2.24) is 14.8 Å². The topological polar surface area (TPSA) is 45.7 Å². The fourth-order valence-electron chi connectivity index (χ4n) is 3.77. The van der Waals surface area contributed by atoms with Crippen molar-refractivity contribution >= 4 is 5.91 Å². The van der Waals surface area contributed by atoms with Crippen molar-refractivity contribution in [1.29, 1.82) is 0 Å². The van der Waals surface area contributed by atoms with Crippen LogP contribution in [0.4, 0.5) is 0 Å². The predicted octanol–water partition coefficient (Wildman–Crippen LogP) is 3.19. The molecule has 1 aromatic carbocycles. The zero-order valence-electron chi connectivity index (χ0n) is 16.8. The number of carbonyl (C=O) groups excluding carboxylic acids is 1. The van der Waals surface area contributed by atoms with Gasteiger partial charge in [-0.25, -0.2) is 0 Å². The molecule has 0 atom stereocenters. The fraction of sp³-hybridized carbons (Fsp3) is 0.478. The number of piperazine rings is 1. The van der Waals surface area contributed by atoms with E-state index in [2.05, 4.69) is 28.1 Å². The summed E-state index contributed by atoms with van der Waals surface area (Å²) in [6.07, 6.45) is 8.24. The molecule has 1 aliphatic rings. The van der Waals surface area contributed by atoms with Crippen LogP contribution in [0, 0.1) is 0 Å². The Hall–Kier alpha value is -2.40. The van der Waals surface area contributed by atoms with Crippen LogP contribution in [-0.2, 0) is 17.6 Å². The molecule has 0 bridgehead atoms. The normalized spacial score (nSPS) is 14.8. The summed E-state index contributed by atoms with van der Waals surface area (Å²) in [5.74, 6) is 1.27. The Morgan fingerprint density at radius 2 is 1.86 bits per heavy atom. The van der Waals surface area contributed by atoms with E-state index in [1.807, 2.05) is 29.3 Å². The summed E-state index contributed by atoms with van der Waals surface area (Å²) in [4.78, 5) is 21.1. The Kier molecular flexibility index (Phi) is 7.85. The smallest absolute Gasteiger partial charge is 0.222 e. The second-order valence-corrected chi connectivity index (χ2v) is 7.35. The van der Waals surface area contributed by atoms with E-state index in [0.29, 0.717) is 6.42 Å². The standard InChI is InChI=1S/C23H31N3O2/c1-28-22-11-3-2-9-21(22)10-6-14-25-15-17-26(18-16-25)23(27)12-4-7-20-8-5-13-24-19-20/h2-3,5,8-9,11,13,19H,4,6-7,10,12,14-18H2,1H3. The van der Waals surface area contributed by atoms with Gasteiger partial charge in [0.05, 0.1) is 7.11 Å². The van der Waals surface area contributed by atoms with Gasteiger partial charge < -0.3 is 9.64 Å². The van der Waals surface area contributed by atoms with Crippen LogP contribution in [0.5, 0.6) is 5.75 Å². The third-order valence-corrected chi connectivity index (χ3v) is 5.42. The number of aromatic nitrogens is 1. The van der Waals surface area contributed by atoms with E-state index in [9.17, 15) is 4.79 Å². The number of hydrogen-bond acceptors (Lipinski definition) is 4. The van der Waals surface area contributed by atoms with Gasteiger partial charge in [-0.2, -0.15) is 0 Å². The number of hydrogen-bond donors (Lipinski definition) is 0. The number of pyridine rings is 1. The predicted molar refractivity (Wildman–Crippen MR) is 112 cm³/mol. The number of rotatable bonds is 9. The molecule has 150 valence electrons. The van der Waals surface area contributed by atoms with Crippen molar-refractivity contribution in [2.24, 2.45) is 0 Å². The molecule has 2 heterocycles. The minimum Gasteiger partial charge on any atom is -0.496 e. The highest BCUT2D eigenvalue weighted by molar-refractivity contribution is 5.76. The van der Waals surface area contributed by atoms with Gasteiger partial charge in [-0.05, 0) is 55.5 Å². The van der Waals surface area contributed by atoms with Crippen LogP contribution in [-0.4, -0.2) is 60.5 Å². The van der Waals surface area contributed by atoms with Crippen LogP contribution in [0.3, 0.4) is 0 Å². The summed E-state index contributed by atoms with van der Waals surface area (Å²) in [7, 11) is 1.73. The third-order valence-electron chi connectivity index (χ3n) is 5.42. The first-order chi connectivity index (χ1) is 13.8. The highest BCUT2D eigenvalue weighted by atomic mass is 16.5. The number of para-hydroxylation sites is 1. The van der Waals surface area contributed by atoms with Gasteiger partial charge in [0.1, 0.15) is 5.75 Å². The van der Waals surface area contributed by atoms with E-state index in [1.54, 1.807) is 13.3 Å². The van der Waals surface area contributed by atoms with E-state index in [-0.39, 0.29) is 5.91 Å². The first kappa shape index (κ1) is 20.3. The molecule has 0 saturated carbocycles. The molecule has 1 fully saturated rings. The van der Waals surface area contributed by atoms with Gasteiger partial charge in [0.25, 0.3) is 0 Å². The molecule has 0 unspecified atom stereocenters. The maximum atomic E-state index is 12.4. The Bertz CT molecular complexity index is 728. The molecular formula is C23H31N3O2. The third kappa shape index (κ3) is 6.06. The van der Waals surface area contributed by atoms with Gasteiger partial charge in [0.2, 0.25) is 5.91 Å². The zero-order chi connectivity index (χ0) is 19.6. The molecule has 1 saturated heterocycles. The van der Waals surface area contributed by atoms with E-state index in [0.717, 1.165) is 64.2 Å². The molecular weight excluding hydrogens is 350 g/mol. The molecule has 5 nitrogen and oxygen atoms in total. The van der Waals surface area contributed by atoms with Crippen molar-refractivity contribution in [2.45, 2.75) is 32.1 Å². The molecule has 0 N–H and O–H groups in total. The van der Waals surface area contributed by atoms with E-state index >= 15 is 0 Å². The molecule has 3 rings (SSSR count). The molecule has 1 aliphatic heterocycles. The van der Waals surface area contributed by atoms with Gasteiger partial charge in [-0.1, -0.05) is 24.3 Å². The Labute approximate surface area is 168 Å². The average molecular weight is 382 g/mol. The van der Waals surface area contributed by atoms with Gasteiger partial charge >= 0.3 is 0 Å². The number of carbonyl (C=O) groups is 1. The summed E-state index contributed by atoms with van der Waals surface area (Å²) in [6.45, 7) is 4.71. The van der Waals surface area contributed by atoms with Crippen molar-refractivity contribution in [2.75, 3.05) is 39.8 Å². The van der Waals surface area contributed by atoms with Crippen LogP contribution < -0.4 is 4.74 Å². The number of benzene rings is 1. The van der Waals surface area contributed by atoms with Crippen LogP contribution in [0.1, 0.15) is 30.4 Å². The largest absolute Gasteiger partial charge is 0.496 e. The molecule has 1 aromatic heterocycles. The minimum absolute atomic E-state index is 0.289. The van der Waals surface area contributed by atoms with E-state index in [4.69, 9.17) is 4.74 Å². The van der Waals surface area contributed by atoms with Crippen LogP contribution in [0.2, 0.25) is 0 Å². The summed E-state index contributed by atoms with van der Waals surface area (Å²) in [6, 6.07) is 12.3. The zero-order valence-corrected chi connectivity index (χ0v) is 16.8. The monoisotopic (exact) mass is 381 g/mol. The molecule has 1 amide bonds. The lowest BCUT2D eigenvalue weighted by Crippen LogP contribution is -2.48. The van der Waals surface area contributed by atoms with Gasteiger partial charge in [-0.3, -0.25) is 14.7 Å². The SMILES string of the molecule is COc1ccccc1CCCN1CCN(C(=O)CCCc2cccnc2)CC1. The molecule has 0 aliphatic carbocycles. The number of amides is 1. The maximum Gasteiger partial charge on any atom is 0.222 e. The van der Waals surface area contributed by atoms with E-state index < -0.39 is 0 Å². The summed E-state index contributed by atoms with van der Waals surface area (Å²) in [5.41, 5.74) is 2.47. The van der Waals surface area contributed by atoms with Gasteiger partial charge in [0.15, 0.2) is 0 Å². The first-order valence-electron chi connectivity index (χ1n) is 10.3. The van der Waals surface area contributed by atoms with Crippen LogP contribution in [0.25, 0.3) is 0 Å². The summed E-state index contributed by atoms with van der Waals surface area (Å²) < 4.78 is 5.43. The maximum absolute atomic E-state index is 12.4. The van der Waals surface area contributed by atoms with Crippen molar-refractivity contribution < 1.29 is 9.53 Å². The number of ether oxygens (including phenoxy) is 1. The second-order valence-electron chi connectivity index (χ2n) is 7.35.